The fraction of sp³-hybridized carbons (Fsp3) is 0.350. The Morgan fingerprint density at radius 2 is 1.71 bits per heavy atom. The van der Waals surface area contributed by atoms with Crippen LogP contribution in [0.2, 0.25) is 0 Å². The SMILES string of the molecule is CCOC(=O)c1[nH]c(C)c(C(=O)OCC(=O)c2cc(OC)ccc2OC)c1C. The van der Waals surface area contributed by atoms with E-state index in [1.807, 2.05) is 0 Å². The Hall–Kier alpha value is -3.29. The Labute approximate surface area is 162 Å². The lowest BCUT2D eigenvalue weighted by Crippen LogP contribution is -2.16. The van der Waals surface area contributed by atoms with Crippen molar-refractivity contribution < 1.29 is 33.3 Å². The van der Waals surface area contributed by atoms with Crippen LogP contribution in [0.1, 0.15) is 49.4 Å². The number of ketones is 1. The molecule has 0 aliphatic rings. The van der Waals surface area contributed by atoms with Gasteiger partial charge in [0.2, 0.25) is 5.78 Å². The maximum Gasteiger partial charge on any atom is 0.355 e. The molecule has 0 unspecified atom stereocenters. The first-order valence-corrected chi connectivity index (χ1v) is 8.62. The van der Waals surface area contributed by atoms with Crippen LogP contribution < -0.4 is 9.47 Å². The first-order valence-electron chi connectivity index (χ1n) is 8.62. The van der Waals surface area contributed by atoms with Crippen molar-refractivity contribution in [1.29, 1.82) is 0 Å². The quantitative estimate of drug-likeness (QED) is 0.547. The van der Waals surface area contributed by atoms with Crippen LogP contribution >= 0.6 is 0 Å². The number of aromatic nitrogens is 1. The summed E-state index contributed by atoms with van der Waals surface area (Å²) in [6.07, 6.45) is 0. The first kappa shape index (κ1) is 21.0. The Balaban J connectivity index is 2.17. The zero-order valence-electron chi connectivity index (χ0n) is 16.5. The maximum absolute atomic E-state index is 12.5. The molecule has 1 aromatic carbocycles. The van der Waals surface area contributed by atoms with Crippen LogP contribution in [-0.4, -0.2) is 50.1 Å². The third-order valence-corrected chi connectivity index (χ3v) is 4.16. The van der Waals surface area contributed by atoms with Crippen molar-refractivity contribution >= 4 is 17.7 Å². The molecule has 2 aromatic rings. The molecule has 150 valence electrons. The number of methoxy groups -OCH3 is 2. The molecule has 0 saturated heterocycles. The molecule has 0 bridgehead atoms. The van der Waals surface area contributed by atoms with Gasteiger partial charge < -0.3 is 23.9 Å². The summed E-state index contributed by atoms with van der Waals surface area (Å²) in [5, 5.41) is 0. The molecular formula is C20H23NO7. The van der Waals surface area contributed by atoms with E-state index in [1.54, 1.807) is 32.9 Å². The zero-order chi connectivity index (χ0) is 20.8. The average Bonchev–Trinajstić information content (AvgIpc) is 2.99. The normalized spacial score (nSPS) is 10.3. The standard InChI is InChI=1S/C20H23NO7/c1-6-27-20(24)18-11(2)17(12(3)21-18)19(23)28-10-15(22)14-9-13(25-4)7-8-16(14)26-5/h7-9,21H,6,10H2,1-5H3. The molecule has 0 aliphatic heterocycles. The van der Waals surface area contributed by atoms with E-state index in [0.717, 1.165) is 0 Å². The van der Waals surface area contributed by atoms with Crippen molar-refractivity contribution in [3.8, 4) is 11.5 Å². The third-order valence-electron chi connectivity index (χ3n) is 4.16. The van der Waals surface area contributed by atoms with Gasteiger partial charge in [-0.05, 0) is 44.5 Å². The first-order chi connectivity index (χ1) is 13.3. The summed E-state index contributed by atoms with van der Waals surface area (Å²) >= 11 is 0. The highest BCUT2D eigenvalue weighted by atomic mass is 16.5. The molecular weight excluding hydrogens is 366 g/mol. The van der Waals surface area contributed by atoms with Gasteiger partial charge in [0.1, 0.15) is 17.2 Å². The molecule has 0 spiro atoms. The molecule has 1 heterocycles. The van der Waals surface area contributed by atoms with Crippen molar-refractivity contribution in [3.63, 3.8) is 0 Å². The van der Waals surface area contributed by atoms with E-state index in [0.29, 0.717) is 22.8 Å². The topological polar surface area (TPSA) is 104 Å². The minimum absolute atomic E-state index is 0.187. The van der Waals surface area contributed by atoms with Gasteiger partial charge in [0.25, 0.3) is 0 Å². The van der Waals surface area contributed by atoms with E-state index in [-0.39, 0.29) is 23.4 Å². The summed E-state index contributed by atoms with van der Waals surface area (Å²) in [5.74, 6) is -0.885. The predicted octanol–water partition coefficient (Wildman–Crippen LogP) is 2.87. The fourth-order valence-corrected chi connectivity index (χ4v) is 2.78. The molecule has 1 aromatic heterocycles. The van der Waals surface area contributed by atoms with Crippen LogP contribution in [-0.2, 0) is 9.47 Å². The van der Waals surface area contributed by atoms with Crippen LogP contribution in [0.25, 0.3) is 0 Å². The van der Waals surface area contributed by atoms with Gasteiger partial charge in [-0.15, -0.1) is 0 Å². The lowest BCUT2D eigenvalue weighted by Gasteiger charge is -2.10. The number of esters is 2. The molecule has 0 amide bonds. The number of carbonyl (C=O) groups excluding carboxylic acids is 3. The number of hydrogen-bond donors (Lipinski definition) is 1. The molecule has 0 atom stereocenters. The van der Waals surface area contributed by atoms with Crippen LogP contribution in [0.4, 0.5) is 0 Å². The van der Waals surface area contributed by atoms with Crippen LogP contribution in [0.5, 0.6) is 11.5 Å². The molecule has 8 heteroatoms. The predicted molar refractivity (Wildman–Crippen MR) is 100 cm³/mol. The lowest BCUT2D eigenvalue weighted by atomic mass is 10.1. The van der Waals surface area contributed by atoms with Gasteiger partial charge in [0, 0.05) is 5.69 Å². The van der Waals surface area contributed by atoms with Gasteiger partial charge in [-0.25, -0.2) is 9.59 Å². The zero-order valence-corrected chi connectivity index (χ0v) is 16.5. The summed E-state index contributed by atoms with van der Waals surface area (Å²) < 4.78 is 20.4. The van der Waals surface area contributed by atoms with E-state index < -0.39 is 24.3 Å². The van der Waals surface area contributed by atoms with Gasteiger partial charge in [-0.3, -0.25) is 4.79 Å². The number of aryl methyl sites for hydroxylation is 1. The van der Waals surface area contributed by atoms with Crippen LogP contribution in [0.3, 0.4) is 0 Å². The minimum atomic E-state index is -0.711. The van der Waals surface area contributed by atoms with Crippen molar-refractivity contribution in [2.24, 2.45) is 0 Å². The number of carbonyl (C=O) groups is 3. The van der Waals surface area contributed by atoms with Gasteiger partial charge in [-0.2, -0.15) is 0 Å². The van der Waals surface area contributed by atoms with Crippen molar-refractivity contribution in [2.75, 3.05) is 27.4 Å². The minimum Gasteiger partial charge on any atom is -0.497 e. The van der Waals surface area contributed by atoms with Crippen molar-refractivity contribution in [3.05, 3.63) is 46.3 Å². The molecule has 0 fully saturated rings. The number of ether oxygens (including phenoxy) is 4. The highest BCUT2D eigenvalue weighted by molar-refractivity contribution is 6.03. The summed E-state index contributed by atoms with van der Waals surface area (Å²) in [7, 11) is 2.92. The highest BCUT2D eigenvalue weighted by Gasteiger charge is 2.25. The lowest BCUT2D eigenvalue weighted by molar-refractivity contribution is 0.0472. The highest BCUT2D eigenvalue weighted by Crippen LogP contribution is 2.25. The van der Waals surface area contributed by atoms with Crippen LogP contribution in [0.15, 0.2) is 18.2 Å². The number of nitrogens with one attached hydrogen (secondary N) is 1. The van der Waals surface area contributed by atoms with E-state index in [9.17, 15) is 14.4 Å². The average molecular weight is 389 g/mol. The van der Waals surface area contributed by atoms with E-state index in [1.165, 1.54) is 20.3 Å². The molecule has 0 saturated carbocycles. The molecule has 0 aliphatic carbocycles. The summed E-state index contributed by atoms with van der Waals surface area (Å²) in [6.45, 7) is 4.67. The molecule has 0 radical (unpaired) electrons. The number of Topliss-reactive ketones (excluding diaryl/α,β-unsaturated/α-hetero) is 1. The fourth-order valence-electron chi connectivity index (χ4n) is 2.78. The number of H-pyrrole nitrogens is 1. The summed E-state index contributed by atoms with van der Waals surface area (Å²) in [5.41, 5.74) is 1.49. The van der Waals surface area contributed by atoms with Gasteiger partial charge in [0.05, 0.1) is 32.0 Å². The molecule has 8 nitrogen and oxygen atoms in total. The van der Waals surface area contributed by atoms with Gasteiger partial charge in [0.15, 0.2) is 6.61 Å². The molecule has 28 heavy (non-hydrogen) atoms. The van der Waals surface area contributed by atoms with E-state index >= 15 is 0 Å². The largest absolute Gasteiger partial charge is 0.497 e. The van der Waals surface area contributed by atoms with Crippen molar-refractivity contribution in [2.45, 2.75) is 20.8 Å². The number of aromatic amines is 1. The molecule has 2 rings (SSSR count). The second-order valence-electron chi connectivity index (χ2n) is 5.91. The van der Waals surface area contributed by atoms with Crippen molar-refractivity contribution in [1.82, 2.24) is 4.98 Å². The second-order valence-corrected chi connectivity index (χ2v) is 5.91. The number of benzene rings is 1. The Kier molecular flexibility index (Phi) is 6.81. The Morgan fingerprint density at radius 3 is 2.32 bits per heavy atom. The summed E-state index contributed by atoms with van der Waals surface area (Å²) in [6, 6.07) is 4.77. The number of hydrogen-bond acceptors (Lipinski definition) is 7. The molecule has 1 N–H and O–H groups in total. The smallest absolute Gasteiger partial charge is 0.355 e. The Bertz CT molecular complexity index is 898. The Morgan fingerprint density at radius 1 is 1.00 bits per heavy atom. The second kappa shape index (κ2) is 9.07. The monoisotopic (exact) mass is 389 g/mol. The maximum atomic E-state index is 12.5. The van der Waals surface area contributed by atoms with E-state index in [2.05, 4.69) is 4.98 Å². The van der Waals surface area contributed by atoms with E-state index in [4.69, 9.17) is 18.9 Å². The number of rotatable bonds is 8. The summed E-state index contributed by atoms with van der Waals surface area (Å²) in [4.78, 5) is 39.8. The van der Waals surface area contributed by atoms with Gasteiger partial charge >= 0.3 is 11.9 Å². The van der Waals surface area contributed by atoms with Crippen LogP contribution in [0, 0.1) is 13.8 Å². The van der Waals surface area contributed by atoms with Gasteiger partial charge in [-0.1, -0.05) is 0 Å². The third kappa shape index (κ3) is 4.33.